The van der Waals surface area contributed by atoms with Crippen LogP contribution in [0, 0.1) is 0 Å². The molecular formula is C21H25N7O2. The first-order valence-corrected chi connectivity index (χ1v) is 10.2. The first kappa shape index (κ1) is 19.0. The van der Waals surface area contributed by atoms with Gasteiger partial charge in [0.25, 0.3) is 5.91 Å². The van der Waals surface area contributed by atoms with Crippen LogP contribution in [0.4, 0.5) is 5.69 Å². The maximum atomic E-state index is 12.9. The quantitative estimate of drug-likeness (QED) is 0.706. The Morgan fingerprint density at radius 3 is 2.90 bits per heavy atom. The lowest BCUT2D eigenvalue weighted by Gasteiger charge is -2.45. The second-order valence-electron chi connectivity index (χ2n) is 8.03. The Hall–Kier alpha value is -3.04. The molecule has 3 aromatic heterocycles. The van der Waals surface area contributed by atoms with Crippen LogP contribution in [-0.2, 0) is 35.3 Å². The largest absolute Gasteiger partial charge is 0.352 e. The number of anilines is 1. The fourth-order valence-corrected chi connectivity index (χ4v) is 4.42. The number of rotatable bonds is 4. The standard InChI is InChI=1S/C21H25N7O2/c1-26-13-16(11-24-26)14-27-8-4-21(5-9-27)20-23-7-10-28(20)15-18(30-21)19(29)25-17-3-2-6-22-12-17/h2-3,6-7,10-13,18H,4-5,8-9,14-15H2,1H3,(H,25,29)/t18-/m1/s1. The number of likely N-dealkylation sites (tertiary alicyclic amines) is 1. The zero-order chi connectivity index (χ0) is 20.6. The smallest absolute Gasteiger partial charge is 0.255 e. The van der Waals surface area contributed by atoms with Crippen molar-refractivity contribution in [1.82, 2.24) is 29.2 Å². The molecule has 0 bridgehead atoms. The number of carbonyl (C=O) groups is 1. The van der Waals surface area contributed by atoms with E-state index in [0.717, 1.165) is 38.3 Å². The number of imidazole rings is 1. The predicted molar refractivity (Wildman–Crippen MR) is 109 cm³/mol. The van der Waals surface area contributed by atoms with Gasteiger partial charge >= 0.3 is 0 Å². The summed E-state index contributed by atoms with van der Waals surface area (Å²) in [6.07, 6.45) is 12.0. The summed E-state index contributed by atoms with van der Waals surface area (Å²) in [5.41, 5.74) is 1.33. The number of hydrogen-bond acceptors (Lipinski definition) is 6. The van der Waals surface area contributed by atoms with Gasteiger partial charge in [0.1, 0.15) is 11.4 Å². The summed E-state index contributed by atoms with van der Waals surface area (Å²) in [6, 6.07) is 3.62. The second kappa shape index (κ2) is 7.66. The lowest BCUT2D eigenvalue weighted by molar-refractivity contribution is -0.170. The van der Waals surface area contributed by atoms with Crippen molar-refractivity contribution < 1.29 is 9.53 Å². The van der Waals surface area contributed by atoms with Crippen LogP contribution in [0.3, 0.4) is 0 Å². The molecule has 1 saturated heterocycles. The third-order valence-corrected chi connectivity index (χ3v) is 5.90. The molecule has 0 radical (unpaired) electrons. The molecule has 30 heavy (non-hydrogen) atoms. The number of nitrogens with zero attached hydrogens (tertiary/aromatic N) is 6. The van der Waals surface area contributed by atoms with Gasteiger partial charge in [0.05, 0.1) is 24.6 Å². The minimum Gasteiger partial charge on any atom is -0.352 e. The second-order valence-corrected chi connectivity index (χ2v) is 8.03. The normalized spacial score (nSPS) is 20.8. The minimum atomic E-state index is -0.572. The number of ether oxygens (including phenoxy) is 1. The minimum absolute atomic E-state index is 0.153. The van der Waals surface area contributed by atoms with Gasteiger partial charge < -0.3 is 14.6 Å². The van der Waals surface area contributed by atoms with E-state index >= 15 is 0 Å². The number of aryl methyl sites for hydroxylation is 1. The molecule has 1 fully saturated rings. The van der Waals surface area contributed by atoms with E-state index in [-0.39, 0.29) is 5.91 Å². The van der Waals surface area contributed by atoms with Crippen LogP contribution >= 0.6 is 0 Å². The third-order valence-electron chi connectivity index (χ3n) is 5.90. The van der Waals surface area contributed by atoms with Gasteiger partial charge in [-0.1, -0.05) is 0 Å². The van der Waals surface area contributed by atoms with E-state index in [4.69, 9.17) is 4.74 Å². The summed E-state index contributed by atoms with van der Waals surface area (Å²) in [6.45, 7) is 3.07. The summed E-state index contributed by atoms with van der Waals surface area (Å²) < 4.78 is 10.4. The zero-order valence-electron chi connectivity index (χ0n) is 16.9. The molecule has 0 saturated carbocycles. The molecule has 5 heterocycles. The van der Waals surface area contributed by atoms with Crippen molar-refractivity contribution in [1.29, 1.82) is 0 Å². The highest BCUT2D eigenvalue weighted by molar-refractivity contribution is 5.94. The van der Waals surface area contributed by atoms with Crippen LogP contribution in [0.2, 0.25) is 0 Å². The van der Waals surface area contributed by atoms with E-state index in [9.17, 15) is 4.79 Å². The maximum Gasteiger partial charge on any atom is 0.255 e. The van der Waals surface area contributed by atoms with Crippen LogP contribution in [0.5, 0.6) is 0 Å². The zero-order valence-corrected chi connectivity index (χ0v) is 16.9. The number of hydrogen-bond donors (Lipinski definition) is 1. The molecule has 3 aromatic rings. The number of amides is 1. The fraction of sp³-hybridized carbons (Fsp3) is 0.429. The van der Waals surface area contributed by atoms with Crippen molar-refractivity contribution in [2.24, 2.45) is 7.05 Å². The number of aromatic nitrogens is 5. The van der Waals surface area contributed by atoms with E-state index in [1.54, 1.807) is 24.7 Å². The molecule has 156 valence electrons. The molecular weight excluding hydrogens is 382 g/mol. The van der Waals surface area contributed by atoms with Crippen LogP contribution < -0.4 is 5.32 Å². The van der Waals surface area contributed by atoms with Crippen molar-refractivity contribution in [3.8, 4) is 0 Å². The van der Waals surface area contributed by atoms with Crippen LogP contribution in [-0.4, -0.2) is 54.3 Å². The predicted octanol–water partition coefficient (Wildman–Crippen LogP) is 1.54. The maximum absolute atomic E-state index is 12.9. The van der Waals surface area contributed by atoms with Gasteiger partial charge in [0, 0.05) is 57.0 Å². The van der Waals surface area contributed by atoms with E-state index in [1.165, 1.54) is 5.56 Å². The molecule has 1 atom stereocenters. The fourth-order valence-electron chi connectivity index (χ4n) is 4.42. The van der Waals surface area contributed by atoms with E-state index in [2.05, 4.69) is 29.9 Å². The molecule has 1 spiro atoms. The van der Waals surface area contributed by atoms with Crippen molar-refractivity contribution >= 4 is 11.6 Å². The molecule has 9 heteroatoms. The summed E-state index contributed by atoms with van der Waals surface area (Å²) >= 11 is 0. The average molecular weight is 407 g/mol. The van der Waals surface area contributed by atoms with Gasteiger partial charge in [-0.2, -0.15) is 5.10 Å². The highest BCUT2D eigenvalue weighted by Crippen LogP contribution is 2.40. The van der Waals surface area contributed by atoms with E-state index in [0.29, 0.717) is 12.2 Å². The average Bonchev–Trinajstić information content (AvgIpc) is 3.40. The number of nitrogens with one attached hydrogen (secondary N) is 1. The Balaban J connectivity index is 1.30. The number of piperidine rings is 1. The molecule has 5 rings (SSSR count). The van der Waals surface area contributed by atoms with Gasteiger partial charge in [-0.25, -0.2) is 4.98 Å². The Kier molecular flexibility index (Phi) is 4.84. The lowest BCUT2D eigenvalue weighted by Crippen LogP contribution is -2.53. The van der Waals surface area contributed by atoms with Gasteiger partial charge in [0.15, 0.2) is 6.10 Å². The van der Waals surface area contributed by atoms with E-state index in [1.807, 2.05) is 36.4 Å². The van der Waals surface area contributed by atoms with Crippen LogP contribution in [0.15, 0.2) is 49.3 Å². The molecule has 2 aliphatic rings. The number of fused-ring (bicyclic) bond motifs is 2. The molecule has 1 N–H and O–H groups in total. The van der Waals surface area contributed by atoms with Crippen molar-refractivity contribution in [2.45, 2.75) is 37.6 Å². The highest BCUT2D eigenvalue weighted by Gasteiger charge is 2.47. The Labute approximate surface area is 174 Å². The molecule has 0 aliphatic carbocycles. The van der Waals surface area contributed by atoms with Gasteiger partial charge in [0.2, 0.25) is 0 Å². The highest BCUT2D eigenvalue weighted by atomic mass is 16.5. The molecule has 9 nitrogen and oxygen atoms in total. The van der Waals surface area contributed by atoms with Gasteiger partial charge in [-0.15, -0.1) is 0 Å². The first-order valence-electron chi connectivity index (χ1n) is 10.2. The molecule has 2 aliphatic heterocycles. The lowest BCUT2D eigenvalue weighted by atomic mass is 9.88. The number of pyridine rings is 1. The molecule has 0 unspecified atom stereocenters. The summed E-state index contributed by atoms with van der Waals surface area (Å²) in [7, 11) is 1.93. The number of carbonyl (C=O) groups excluding carboxylic acids is 1. The summed E-state index contributed by atoms with van der Waals surface area (Å²) in [5, 5.41) is 7.18. The SMILES string of the molecule is Cn1cc(CN2CCC3(CC2)O[C@@H](C(=O)Nc2cccnc2)Cn2ccnc23)cn1. The van der Waals surface area contributed by atoms with Crippen LogP contribution in [0.1, 0.15) is 24.2 Å². The third kappa shape index (κ3) is 3.61. The Bertz CT molecular complexity index is 1020. The first-order chi connectivity index (χ1) is 14.6. The van der Waals surface area contributed by atoms with Crippen molar-refractivity contribution in [3.63, 3.8) is 0 Å². The Morgan fingerprint density at radius 1 is 1.30 bits per heavy atom. The Morgan fingerprint density at radius 2 is 2.17 bits per heavy atom. The molecule has 1 amide bonds. The summed E-state index contributed by atoms with van der Waals surface area (Å²) in [5.74, 6) is 0.772. The van der Waals surface area contributed by atoms with Gasteiger partial charge in [-0.3, -0.25) is 19.4 Å². The van der Waals surface area contributed by atoms with E-state index < -0.39 is 11.7 Å². The van der Waals surface area contributed by atoms with Crippen molar-refractivity contribution in [3.05, 3.63) is 60.7 Å². The van der Waals surface area contributed by atoms with Crippen molar-refractivity contribution in [2.75, 3.05) is 18.4 Å². The molecule has 0 aromatic carbocycles. The van der Waals surface area contributed by atoms with Gasteiger partial charge in [-0.05, 0) is 25.0 Å². The van der Waals surface area contributed by atoms with Crippen LogP contribution in [0.25, 0.3) is 0 Å². The monoisotopic (exact) mass is 407 g/mol. The summed E-state index contributed by atoms with van der Waals surface area (Å²) in [4.78, 5) is 24.0. The topological polar surface area (TPSA) is 90.1 Å².